The minimum atomic E-state index is -0.439. The number of halogens is 1. The van der Waals surface area contributed by atoms with Crippen molar-refractivity contribution >= 4 is 5.91 Å². The molecule has 1 aromatic heterocycles. The van der Waals surface area contributed by atoms with Crippen LogP contribution < -0.4 is 5.56 Å². The zero-order valence-electron chi connectivity index (χ0n) is 16.3. The quantitative estimate of drug-likeness (QED) is 0.813. The van der Waals surface area contributed by atoms with Crippen molar-refractivity contribution in [2.75, 3.05) is 27.2 Å². The van der Waals surface area contributed by atoms with Gasteiger partial charge in [-0.25, -0.2) is 9.37 Å². The van der Waals surface area contributed by atoms with Crippen molar-refractivity contribution in [1.29, 1.82) is 0 Å². The summed E-state index contributed by atoms with van der Waals surface area (Å²) < 4.78 is 15.3. The molecule has 6 nitrogen and oxygen atoms in total. The van der Waals surface area contributed by atoms with E-state index in [0.717, 1.165) is 37.3 Å². The number of carbonyl (C=O) groups excluding carboxylic acids is 1. The van der Waals surface area contributed by atoms with Gasteiger partial charge in [0.25, 0.3) is 11.5 Å². The number of hydrogen-bond acceptors (Lipinski definition) is 4. The van der Waals surface area contributed by atoms with Crippen LogP contribution in [-0.2, 0) is 19.4 Å². The Hall–Kier alpha value is -2.54. The molecule has 2 aliphatic rings. The summed E-state index contributed by atoms with van der Waals surface area (Å²) >= 11 is 0. The Labute approximate surface area is 163 Å². The highest BCUT2D eigenvalue weighted by Crippen LogP contribution is 2.25. The van der Waals surface area contributed by atoms with Crippen LogP contribution in [-0.4, -0.2) is 52.4 Å². The van der Waals surface area contributed by atoms with Gasteiger partial charge in [-0.15, -0.1) is 0 Å². The van der Waals surface area contributed by atoms with Gasteiger partial charge in [0.1, 0.15) is 11.6 Å². The summed E-state index contributed by atoms with van der Waals surface area (Å²) in [6, 6.07) is 5.79. The maximum absolute atomic E-state index is 13.5. The van der Waals surface area contributed by atoms with Gasteiger partial charge in [0.05, 0.1) is 23.8 Å². The predicted octanol–water partition coefficient (Wildman–Crippen LogP) is 2.02. The first-order chi connectivity index (χ1) is 13.4. The molecule has 0 spiro atoms. The van der Waals surface area contributed by atoms with E-state index in [1.165, 1.54) is 18.2 Å². The second-order valence-corrected chi connectivity index (χ2v) is 7.92. The van der Waals surface area contributed by atoms with Crippen LogP contribution >= 0.6 is 0 Å². The van der Waals surface area contributed by atoms with Crippen LogP contribution in [0.5, 0.6) is 0 Å². The van der Waals surface area contributed by atoms with Crippen molar-refractivity contribution in [3.8, 4) is 0 Å². The van der Waals surface area contributed by atoms with Gasteiger partial charge in [0.2, 0.25) is 0 Å². The number of nitrogens with zero attached hydrogens (tertiary/aromatic N) is 4. The van der Waals surface area contributed by atoms with Gasteiger partial charge in [-0.3, -0.25) is 14.2 Å². The van der Waals surface area contributed by atoms with Gasteiger partial charge < -0.3 is 9.80 Å². The van der Waals surface area contributed by atoms with Crippen LogP contribution in [0.3, 0.4) is 0 Å². The predicted molar refractivity (Wildman–Crippen MR) is 104 cm³/mol. The number of fused-ring (bicyclic) bond motifs is 2. The van der Waals surface area contributed by atoms with Gasteiger partial charge in [-0.2, -0.15) is 0 Å². The van der Waals surface area contributed by atoms with E-state index in [1.54, 1.807) is 11.0 Å². The van der Waals surface area contributed by atoms with Crippen LogP contribution in [0.15, 0.2) is 29.1 Å². The van der Waals surface area contributed by atoms with Gasteiger partial charge in [-0.05, 0) is 45.1 Å². The molecule has 0 radical (unpaired) electrons. The summed E-state index contributed by atoms with van der Waals surface area (Å²) in [5, 5.41) is 0. The molecule has 1 atom stereocenters. The van der Waals surface area contributed by atoms with E-state index in [1.807, 2.05) is 18.7 Å². The second kappa shape index (κ2) is 7.47. The molecule has 3 heterocycles. The number of amides is 1. The average molecular weight is 384 g/mol. The van der Waals surface area contributed by atoms with Crippen LogP contribution in [0.2, 0.25) is 0 Å². The molecule has 2 aromatic rings. The van der Waals surface area contributed by atoms with E-state index < -0.39 is 5.82 Å². The molecule has 0 fully saturated rings. The number of benzene rings is 1. The van der Waals surface area contributed by atoms with E-state index in [4.69, 9.17) is 4.98 Å². The van der Waals surface area contributed by atoms with Crippen molar-refractivity contribution in [2.45, 2.75) is 38.3 Å². The van der Waals surface area contributed by atoms with Gasteiger partial charge >= 0.3 is 0 Å². The molecule has 1 amide bonds. The molecule has 2 aliphatic heterocycles. The Kier molecular flexibility index (Phi) is 5.02. The maximum atomic E-state index is 13.5. The van der Waals surface area contributed by atoms with Crippen molar-refractivity contribution in [3.63, 3.8) is 0 Å². The summed E-state index contributed by atoms with van der Waals surface area (Å²) in [6.07, 6.45) is 3.36. The molecule has 28 heavy (non-hydrogen) atoms. The number of hydrogen-bond donors (Lipinski definition) is 0. The summed E-state index contributed by atoms with van der Waals surface area (Å²) in [5.74, 6) is 0.175. The van der Waals surface area contributed by atoms with Gasteiger partial charge in [0.15, 0.2) is 0 Å². The number of aromatic nitrogens is 2. The van der Waals surface area contributed by atoms with Gasteiger partial charge in [-0.1, -0.05) is 6.07 Å². The van der Waals surface area contributed by atoms with E-state index >= 15 is 0 Å². The molecule has 0 aliphatic carbocycles. The molecule has 7 heteroatoms. The number of likely N-dealkylation sites (N-methyl/N-ethyl adjacent to an activating group) is 1. The smallest absolute Gasteiger partial charge is 0.259 e. The Morgan fingerprint density at radius 2 is 2.14 bits per heavy atom. The third kappa shape index (κ3) is 3.46. The number of carbonyl (C=O) groups is 1. The fourth-order valence-electron chi connectivity index (χ4n) is 4.29. The molecule has 148 valence electrons. The van der Waals surface area contributed by atoms with E-state index in [9.17, 15) is 14.0 Å². The zero-order chi connectivity index (χ0) is 19.8. The summed E-state index contributed by atoms with van der Waals surface area (Å²) in [4.78, 5) is 34.6. The minimum Gasteiger partial charge on any atom is -0.334 e. The van der Waals surface area contributed by atoms with Crippen LogP contribution in [0.4, 0.5) is 4.39 Å². The SMILES string of the molecule is CN(C)C[C@@H]1CCCc2nc3c(c(=O)n21)CN(C(=O)c1cccc(F)c1)CC3. The average Bonchev–Trinajstić information content (AvgIpc) is 2.67. The van der Waals surface area contributed by atoms with Crippen molar-refractivity contribution in [3.05, 3.63) is 63.1 Å². The highest BCUT2D eigenvalue weighted by atomic mass is 19.1. The lowest BCUT2D eigenvalue weighted by molar-refractivity contribution is 0.0731. The normalized spacial score (nSPS) is 18.7. The lowest BCUT2D eigenvalue weighted by atomic mass is 10.00. The van der Waals surface area contributed by atoms with E-state index in [0.29, 0.717) is 24.1 Å². The molecule has 0 saturated heterocycles. The fraction of sp³-hybridized carbons (Fsp3) is 0.476. The third-order valence-electron chi connectivity index (χ3n) is 5.57. The molecule has 1 aromatic carbocycles. The maximum Gasteiger partial charge on any atom is 0.259 e. The highest BCUT2D eigenvalue weighted by molar-refractivity contribution is 5.94. The zero-order valence-corrected chi connectivity index (χ0v) is 16.3. The van der Waals surface area contributed by atoms with Crippen molar-refractivity contribution in [2.24, 2.45) is 0 Å². The lowest BCUT2D eigenvalue weighted by Crippen LogP contribution is -2.44. The molecule has 4 rings (SSSR count). The molecule has 0 bridgehead atoms. The first-order valence-electron chi connectivity index (χ1n) is 9.77. The van der Waals surface area contributed by atoms with Crippen LogP contribution in [0.1, 0.15) is 46.3 Å². The van der Waals surface area contributed by atoms with Crippen molar-refractivity contribution < 1.29 is 9.18 Å². The lowest BCUT2D eigenvalue weighted by Gasteiger charge is -2.33. The minimum absolute atomic E-state index is 0.0247. The molecular weight excluding hydrogens is 359 g/mol. The molecule has 0 N–H and O–H groups in total. The molecule has 0 unspecified atom stereocenters. The summed E-state index contributed by atoms with van der Waals surface area (Å²) in [6.45, 7) is 1.50. The van der Waals surface area contributed by atoms with E-state index in [-0.39, 0.29) is 24.1 Å². The van der Waals surface area contributed by atoms with E-state index in [2.05, 4.69) is 4.90 Å². The number of rotatable bonds is 3. The Morgan fingerprint density at radius 1 is 1.32 bits per heavy atom. The molecular formula is C21H25FN4O2. The highest BCUT2D eigenvalue weighted by Gasteiger charge is 2.30. The summed E-state index contributed by atoms with van der Waals surface area (Å²) in [7, 11) is 4.01. The fourth-order valence-corrected chi connectivity index (χ4v) is 4.29. The number of aryl methyl sites for hydroxylation is 1. The van der Waals surface area contributed by atoms with Crippen LogP contribution in [0.25, 0.3) is 0 Å². The van der Waals surface area contributed by atoms with Gasteiger partial charge in [0, 0.05) is 31.5 Å². The van der Waals surface area contributed by atoms with Crippen LogP contribution in [0, 0.1) is 5.82 Å². The molecule has 0 saturated carbocycles. The largest absolute Gasteiger partial charge is 0.334 e. The Balaban J connectivity index is 1.67. The first kappa shape index (κ1) is 18.8. The van der Waals surface area contributed by atoms with Crippen molar-refractivity contribution in [1.82, 2.24) is 19.4 Å². The standard InChI is InChI=1S/C21H25FN4O2/c1-24(2)12-16-7-4-8-19-23-18-9-10-25(13-17(18)21(28)26(16)19)20(27)14-5-3-6-15(22)11-14/h3,5-6,11,16H,4,7-10,12-13H2,1-2H3/t16-/m0/s1. The third-order valence-corrected chi connectivity index (χ3v) is 5.57. The summed E-state index contributed by atoms with van der Waals surface area (Å²) in [5.41, 5.74) is 1.69. The second-order valence-electron chi connectivity index (χ2n) is 7.92. The first-order valence-corrected chi connectivity index (χ1v) is 9.77. The monoisotopic (exact) mass is 384 g/mol. The Bertz CT molecular complexity index is 969. The topological polar surface area (TPSA) is 58.4 Å². The Morgan fingerprint density at radius 3 is 2.89 bits per heavy atom.